The zero-order valence-corrected chi connectivity index (χ0v) is 13.4. The van der Waals surface area contributed by atoms with E-state index in [0.717, 1.165) is 46.0 Å². The highest BCUT2D eigenvalue weighted by molar-refractivity contribution is 9.10. The Balaban J connectivity index is 2.13. The van der Waals surface area contributed by atoms with Crippen molar-refractivity contribution in [3.63, 3.8) is 0 Å². The third-order valence-corrected chi connectivity index (χ3v) is 4.45. The first-order chi connectivity index (χ1) is 10.6. The van der Waals surface area contributed by atoms with Crippen molar-refractivity contribution in [3.05, 3.63) is 63.6 Å². The summed E-state index contributed by atoms with van der Waals surface area (Å²) in [5.41, 5.74) is 4.25. The summed E-state index contributed by atoms with van der Waals surface area (Å²) in [4.78, 5) is 11.2. The molecule has 0 heterocycles. The molecule has 2 N–H and O–H groups in total. The summed E-state index contributed by atoms with van der Waals surface area (Å²) in [6, 6.07) is 12.4. The molecule has 0 bridgehead atoms. The summed E-state index contributed by atoms with van der Waals surface area (Å²) >= 11 is 3.44. The van der Waals surface area contributed by atoms with Crippen LogP contribution >= 0.6 is 15.9 Å². The minimum Gasteiger partial charge on any atom is -0.507 e. The number of aromatic hydroxyl groups is 1. The van der Waals surface area contributed by atoms with E-state index in [2.05, 4.69) is 15.9 Å². The van der Waals surface area contributed by atoms with Crippen LogP contribution in [0.5, 0.6) is 5.75 Å². The summed E-state index contributed by atoms with van der Waals surface area (Å²) in [5, 5.41) is 19.3. The van der Waals surface area contributed by atoms with Gasteiger partial charge in [-0.2, -0.15) is 0 Å². The molecule has 1 aliphatic rings. The van der Waals surface area contributed by atoms with Crippen LogP contribution in [-0.4, -0.2) is 16.2 Å². The van der Waals surface area contributed by atoms with E-state index in [0.29, 0.717) is 0 Å². The highest BCUT2D eigenvalue weighted by atomic mass is 79.9. The van der Waals surface area contributed by atoms with Gasteiger partial charge < -0.3 is 10.2 Å². The predicted molar refractivity (Wildman–Crippen MR) is 89.9 cm³/mol. The lowest BCUT2D eigenvalue weighted by atomic mass is 9.95. The molecule has 0 unspecified atom stereocenters. The van der Waals surface area contributed by atoms with E-state index in [9.17, 15) is 9.90 Å². The fourth-order valence-electron chi connectivity index (χ4n) is 2.95. The molecule has 0 fully saturated rings. The number of carbonyl (C=O) groups is 1. The van der Waals surface area contributed by atoms with Crippen molar-refractivity contribution >= 4 is 33.0 Å². The minimum atomic E-state index is -0.924. The fraction of sp³-hybridized carbons (Fsp3) is 0.167. The van der Waals surface area contributed by atoms with E-state index in [4.69, 9.17) is 5.11 Å². The van der Waals surface area contributed by atoms with Crippen LogP contribution in [0.25, 0.3) is 11.1 Å². The molecule has 2 aromatic carbocycles. The lowest BCUT2D eigenvalue weighted by Crippen LogP contribution is -1.97. The second kappa shape index (κ2) is 5.97. The van der Waals surface area contributed by atoms with Crippen LogP contribution < -0.4 is 0 Å². The predicted octanol–water partition coefficient (Wildman–Crippen LogP) is 4.95. The number of phenolic OH excluding ortho intramolecular Hbond substituents is 1. The topological polar surface area (TPSA) is 57.5 Å². The third-order valence-electron chi connectivity index (χ3n) is 3.96. The average Bonchev–Trinajstić information content (AvgIpc) is 2.99. The molecular weight excluding hydrogens is 344 g/mol. The van der Waals surface area contributed by atoms with E-state index in [1.807, 2.05) is 12.1 Å². The Kier molecular flexibility index (Phi) is 4.03. The first-order valence-electron chi connectivity index (χ1n) is 7.11. The van der Waals surface area contributed by atoms with Gasteiger partial charge in [0.25, 0.3) is 0 Å². The largest absolute Gasteiger partial charge is 0.507 e. The molecule has 0 radical (unpaired) electrons. The van der Waals surface area contributed by atoms with Crippen molar-refractivity contribution in [1.29, 1.82) is 0 Å². The van der Waals surface area contributed by atoms with Gasteiger partial charge in [0.2, 0.25) is 0 Å². The van der Waals surface area contributed by atoms with Crippen LogP contribution in [0.4, 0.5) is 0 Å². The number of carboxylic acid groups (broad SMARTS) is 1. The number of hydrogen-bond donors (Lipinski definition) is 2. The van der Waals surface area contributed by atoms with Crippen LogP contribution in [0.3, 0.4) is 0 Å². The van der Waals surface area contributed by atoms with Gasteiger partial charge in [0.05, 0.1) is 5.56 Å². The summed E-state index contributed by atoms with van der Waals surface area (Å²) in [5.74, 6) is -0.667. The van der Waals surface area contributed by atoms with Crippen LogP contribution in [0.1, 0.15) is 40.7 Å². The Bertz CT molecular complexity index is 778. The molecule has 0 saturated carbocycles. The first kappa shape index (κ1) is 14.9. The normalized spacial score (nSPS) is 14.4. The maximum absolute atomic E-state index is 11.2. The van der Waals surface area contributed by atoms with Crippen LogP contribution in [0, 0.1) is 0 Å². The van der Waals surface area contributed by atoms with Crippen molar-refractivity contribution in [2.75, 3.05) is 0 Å². The van der Waals surface area contributed by atoms with E-state index < -0.39 is 5.97 Å². The van der Waals surface area contributed by atoms with Crippen LogP contribution in [0.2, 0.25) is 0 Å². The number of aromatic carboxylic acids is 1. The molecule has 22 heavy (non-hydrogen) atoms. The molecular formula is C18H15BrO3. The second-order valence-corrected chi connectivity index (χ2v) is 6.27. The lowest BCUT2D eigenvalue weighted by Gasteiger charge is -2.11. The maximum Gasteiger partial charge on any atom is 0.335 e. The standard InChI is InChI=1S/C18H15BrO3/c19-13-7-8-17(20)16(10-13)15-6-2-5-14(15)11-3-1-4-12(9-11)18(21)22/h1,3-4,7-10,20H,2,5-6H2,(H,21,22). The number of phenols is 1. The van der Waals surface area contributed by atoms with Gasteiger partial charge in [-0.15, -0.1) is 0 Å². The van der Waals surface area contributed by atoms with Crippen molar-refractivity contribution in [1.82, 2.24) is 0 Å². The lowest BCUT2D eigenvalue weighted by molar-refractivity contribution is 0.0697. The number of rotatable bonds is 3. The molecule has 0 atom stereocenters. The molecule has 112 valence electrons. The SMILES string of the molecule is O=C(O)c1cccc(C2=C(c3cc(Br)ccc3O)CCC2)c1. The zero-order valence-electron chi connectivity index (χ0n) is 11.8. The Labute approximate surface area is 137 Å². The number of hydrogen-bond acceptors (Lipinski definition) is 2. The molecule has 4 heteroatoms. The summed E-state index contributed by atoms with van der Waals surface area (Å²) in [6.45, 7) is 0. The fourth-order valence-corrected chi connectivity index (χ4v) is 3.31. The zero-order chi connectivity index (χ0) is 15.7. The maximum atomic E-state index is 11.2. The monoisotopic (exact) mass is 358 g/mol. The molecule has 1 aliphatic carbocycles. The van der Waals surface area contributed by atoms with E-state index in [1.165, 1.54) is 0 Å². The summed E-state index contributed by atoms with van der Waals surface area (Å²) in [6.07, 6.45) is 2.79. The molecule has 2 aromatic rings. The van der Waals surface area contributed by atoms with Crippen LogP contribution in [0.15, 0.2) is 46.9 Å². The second-order valence-electron chi connectivity index (χ2n) is 5.36. The summed E-state index contributed by atoms with van der Waals surface area (Å²) < 4.78 is 0.915. The van der Waals surface area contributed by atoms with Gasteiger partial charge in [-0.3, -0.25) is 0 Å². The quantitative estimate of drug-likeness (QED) is 0.816. The molecule has 3 nitrogen and oxygen atoms in total. The number of halogens is 1. The number of benzene rings is 2. The Morgan fingerprint density at radius 2 is 1.82 bits per heavy atom. The first-order valence-corrected chi connectivity index (χ1v) is 7.90. The van der Waals surface area contributed by atoms with E-state index in [-0.39, 0.29) is 11.3 Å². The highest BCUT2D eigenvalue weighted by Gasteiger charge is 2.20. The minimum absolute atomic E-state index is 0.256. The van der Waals surface area contributed by atoms with Gasteiger partial charge in [-0.1, -0.05) is 28.1 Å². The van der Waals surface area contributed by atoms with E-state index >= 15 is 0 Å². The van der Waals surface area contributed by atoms with E-state index in [1.54, 1.807) is 30.3 Å². The molecule has 0 saturated heterocycles. The van der Waals surface area contributed by atoms with Crippen molar-refractivity contribution < 1.29 is 15.0 Å². The smallest absolute Gasteiger partial charge is 0.335 e. The molecule has 0 spiro atoms. The van der Waals surface area contributed by atoms with Crippen molar-refractivity contribution in [2.24, 2.45) is 0 Å². The highest BCUT2D eigenvalue weighted by Crippen LogP contribution is 2.43. The third kappa shape index (κ3) is 2.79. The molecule has 0 aliphatic heterocycles. The van der Waals surface area contributed by atoms with Gasteiger partial charge in [-0.25, -0.2) is 4.79 Å². The Hall–Kier alpha value is -2.07. The van der Waals surface area contributed by atoms with Crippen LogP contribution in [-0.2, 0) is 0 Å². The molecule has 3 rings (SSSR count). The number of carboxylic acids is 1. The van der Waals surface area contributed by atoms with Gasteiger partial charge in [-0.05, 0) is 66.3 Å². The van der Waals surface area contributed by atoms with Gasteiger partial charge >= 0.3 is 5.97 Å². The van der Waals surface area contributed by atoms with Crippen molar-refractivity contribution in [2.45, 2.75) is 19.3 Å². The van der Waals surface area contributed by atoms with Gasteiger partial charge in [0, 0.05) is 10.0 Å². The average molecular weight is 359 g/mol. The summed E-state index contributed by atoms with van der Waals surface area (Å²) in [7, 11) is 0. The number of allylic oxidation sites excluding steroid dienone is 2. The van der Waals surface area contributed by atoms with Gasteiger partial charge in [0.15, 0.2) is 0 Å². The molecule has 0 aromatic heterocycles. The molecule has 0 amide bonds. The van der Waals surface area contributed by atoms with Crippen molar-refractivity contribution in [3.8, 4) is 5.75 Å². The Morgan fingerprint density at radius 1 is 1.05 bits per heavy atom. The van der Waals surface area contributed by atoms with Gasteiger partial charge in [0.1, 0.15) is 5.75 Å². The Morgan fingerprint density at radius 3 is 2.59 bits per heavy atom.